The van der Waals surface area contributed by atoms with Crippen LogP contribution in [-0.4, -0.2) is 21.3 Å². The van der Waals surface area contributed by atoms with Gasteiger partial charge in [0, 0.05) is 21.2 Å². The largest absolute Gasteiger partial charge is 0.477 e. The first-order chi connectivity index (χ1) is 11.0. The van der Waals surface area contributed by atoms with Crippen LogP contribution in [0.3, 0.4) is 0 Å². The van der Waals surface area contributed by atoms with Gasteiger partial charge in [-0.25, -0.2) is 4.79 Å². The molecule has 0 unspecified atom stereocenters. The van der Waals surface area contributed by atoms with Gasteiger partial charge >= 0.3 is 5.97 Å². The Hall–Kier alpha value is -2.01. The second-order valence-electron chi connectivity index (χ2n) is 4.76. The van der Waals surface area contributed by atoms with Crippen molar-refractivity contribution >= 4 is 40.8 Å². The average Bonchev–Trinajstić information content (AvgIpc) is 2.93. The molecule has 0 amide bonds. The Morgan fingerprint density at radius 3 is 2.26 bits per heavy atom. The topological polar surface area (TPSA) is 66.0 Å². The number of aromatic amines is 1. The minimum atomic E-state index is -1.11. The van der Waals surface area contributed by atoms with E-state index in [4.69, 9.17) is 34.8 Å². The second-order valence-corrected chi connectivity index (χ2v) is 6.04. The molecular weight excluding hydrogens is 359 g/mol. The van der Waals surface area contributed by atoms with Crippen LogP contribution in [0.15, 0.2) is 42.5 Å². The summed E-state index contributed by atoms with van der Waals surface area (Å²) in [6, 6.07) is 11.8. The number of hydrogen-bond acceptors (Lipinski definition) is 2. The molecule has 0 aliphatic heterocycles. The summed E-state index contributed by atoms with van der Waals surface area (Å²) in [5.41, 5.74) is 2.12. The number of nitrogens with one attached hydrogen (secondary N) is 1. The van der Waals surface area contributed by atoms with Crippen LogP contribution in [0.2, 0.25) is 15.1 Å². The molecule has 1 aromatic heterocycles. The molecule has 0 atom stereocenters. The lowest BCUT2D eigenvalue weighted by atomic mass is 9.99. The number of aromatic carboxylic acids is 1. The van der Waals surface area contributed by atoms with Gasteiger partial charge in [-0.15, -0.1) is 0 Å². The van der Waals surface area contributed by atoms with Crippen LogP contribution in [0.4, 0.5) is 0 Å². The summed E-state index contributed by atoms with van der Waals surface area (Å²) in [6.07, 6.45) is 0. The third kappa shape index (κ3) is 3.06. The van der Waals surface area contributed by atoms with Gasteiger partial charge in [-0.1, -0.05) is 46.9 Å². The fraction of sp³-hybridized carbons (Fsp3) is 0. The van der Waals surface area contributed by atoms with Crippen LogP contribution < -0.4 is 0 Å². The highest BCUT2D eigenvalue weighted by Crippen LogP contribution is 2.37. The second kappa shape index (κ2) is 6.24. The van der Waals surface area contributed by atoms with Crippen molar-refractivity contribution in [2.45, 2.75) is 0 Å². The van der Waals surface area contributed by atoms with Crippen molar-refractivity contribution in [3.63, 3.8) is 0 Å². The van der Waals surface area contributed by atoms with Crippen LogP contribution in [0.25, 0.3) is 22.4 Å². The fourth-order valence-corrected chi connectivity index (χ4v) is 2.89. The minimum Gasteiger partial charge on any atom is -0.477 e. The fourth-order valence-electron chi connectivity index (χ4n) is 2.27. The van der Waals surface area contributed by atoms with Crippen LogP contribution in [0, 0.1) is 0 Å². The first-order valence-corrected chi connectivity index (χ1v) is 7.64. The van der Waals surface area contributed by atoms with Gasteiger partial charge in [-0.05, 0) is 35.9 Å². The van der Waals surface area contributed by atoms with E-state index in [0.717, 1.165) is 0 Å². The molecule has 2 N–H and O–H groups in total. The van der Waals surface area contributed by atoms with Gasteiger partial charge in [0.2, 0.25) is 0 Å². The van der Waals surface area contributed by atoms with Crippen LogP contribution >= 0.6 is 34.8 Å². The number of hydrogen-bond donors (Lipinski definition) is 2. The van der Waals surface area contributed by atoms with Gasteiger partial charge in [0.25, 0.3) is 0 Å². The Kier molecular flexibility index (Phi) is 4.31. The quantitative estimate of drug-likeness (QED) is 0.651. The molecule has 116 valence electrons. The Morgan fingerprint density at radius 2 is 1.65 bits per heavy atom. The van der Waals surface area contributed by atoms with Crippen LogP contribution in [-0.2, 0) is 0 Å². The van der Waals surface area contributed by atoms with Crippen LogP contribution in [0.5, 0.6) is 0 Å². The third-order valence-corrected chi connectivity index (χ3v) is 4.10. The normalized spacial score (nSPS) is 10.7. The molecule has 3 aromatic rings. The summed E-state index contributed by atoms with van der Waals surface area (Å²) in [5, 5.41) is 17.5. The van der Waals surface area contributed by atoms with E-state index in [0.29, 0.717) is 37.5 Å². The SMILES string of the molecule is O=C(O)c1[nH]nc(-c2ccc(Cl)cc2Cl)c1-c1ccc(Cl)cc1. The number of rotatable bonds is 3. The zero-order valence-electron chi connectivity index (χ0n) is 11.5. The molecule has 0 bridgehead atoms. The van der Waals surface area contributed by atoms with Crippen LogP contribution in [0.1, 0.15) is 10.5 Å². The lowest BCUT2D eigenvalue weighted by Gasteiger charge is -2.07. The Labute approximate surface area is 146 Å². The summed E-state index contributed by atoms with van der Waals surface area (Å²) in [5.74, 6) is -1.11. The van der Waals surface area contributed by atoms with Crippen molar-refractivity contribution in [1.29, 1.82) is 0 Å². The number of halogens is 3. The molecule has 7 heteroatoms. The first kappa shape index (κ1) is 15.9. The minimum absolute atomic E-state index is 0.0201. The number of nitrogens with zero attached hydrogens (tertiary/aromatic N) is 1. The molecule has 4 nitrogen and oxygen atoms in total. The first-order valence-electron chi connectivity index (χ1n) is 6.50. The van der Waals surface area contributed by atoms with Gasteiger partial charge in [-0.3, -0.25) is 5.10 Å². The van der Waals surface area contributed by atoms with E-state index in [2.05, 4.69) is 10.2 Å². The van der Waals surface area contributed by atoms with Crippen molar-refractivity contribution in [2.75, 3.05) is 0 Å². The molecule has 3 rings (SSSR count). The third-order valence-electron chi connectivity index (χ3n) is 3.30. The summed E-state index contributed by atoms with van der Waals surface area (Å²) >= 11 is 18.0. The van der Waals surface area contributed by atoms with E-state index in [-0.39, 0.29) is 5.69 Å². The monoisotopic (exact) mass is 366 g/mol. The number of benzene rings is 2. The highest BCUT2D eigenvalue weighted by molar-refractivity contribution is 6.36. The van der Waals surface area contributed by atoms with Crippen molar-refractivity contribution in [3.8, 4) is 22.4 Å². The number of H-pyrrole nitrogens is 1. The Balaban J connectivity index is 2.26. The number of carboxylic acid groups (broad SMARTS) is 1. The molecule has 23 heavy (non-hydrogen) atoms. The summed E-state index contributed by atoms with van der Waals surface area (Å²) < 4.78 is 0. The van der Waals surface area contributed by atoms with Gasteiger partial charge < -0.3 is 5.11 Å². The van der Waals surface area contributed by atoms with Crippen molar-refractivity contribution in [2.24, 2.45) is 0 Å². The summed E-state index contributed by atoms with van der Waals surface area (Å²) in [4.78, 5) is 11.5. The van der Waals surface area contributed by atoms with E-state index in [9.17, 15) is 9.90 Å². The van der Waals surface area contributed by atoms with Crippen molar-refractivity contribution in [3.05, 3.63) is 63.2 Å². The zero-order valence-corrected chi connectivity index (χ0v) is 13.7. The lowest BCUT2D eigenvalue weighted by molar-refractivity contribution is 0.0691. The van der Waals surface area contributed by atoms with E-state index < -0.39 is 5.97 Å². The average molecular weight is 368 g/mol. The van der Waals surface area contributed by atoms with E-state index in [1.165, 1.54) is 0 Å². The number of carboxylic acids is 1. The Bertz CT molecular complexity index is 889. The summed E-state index contributed by atoms with van der Waals surface area (Å²) in [7, 11) is 0. The van der Waals surface area contributed by atoms with Crippen molar-refractivity contribution < 1.29 is 9.90 Å². The molecule has 0 saturated carbocycles. The summed E-state index contributed by atoms with van der Waals surface area (Å²) in [6.45, 7) is 0. The maximum absolute atomic E-state index is 11.5. The predicted molar refractivity (Wildman–Crippen MR) is 91.4 cm³/mol. The highest BCUT2D eigenvalue weighted by Gasteiger charge is 2.22. The molecule has 2 aromatic carbocycles. The van der Waals surface area contributed by atoms with Gasteiger partial charge in [0.05, 0.1) is 5.02 Å². The molecule has 0 aliphatic rings. The standard InChI is InChI=1S/C16H9Cl3N2O2/c17-9-3-1-8(2-4-9)13-14(20-21-15(13)16(22)23)11-6-5-10(18)7-12(11)19/h1-7H,(H,20,21)(H,22,23). The molecular formula is C16H9Cl3N2O2. The van der Waals surface area contributed by atoms with Gasteiger partial charge in [0.1, 0.15) is 5.69 Å². The maximum atomic E-state index is 11.5. The number of aromatic nitrogens is 2. The van der Waals surface area contributed by atoms with E-state index >= 15 is 0 Å². The van der Waals surface area contributed by atoms with Gasteiger partial charge in [-0.2, -0.15) is 5.10 Å². The lowest BCUT2D eigenvalue weighted by Crippen LogP contribution is -1.99. The molecule has 0 spiro atoms. The maximum Gasteiger partial charge on any atom is 0.354 e. The van der Waals surface area contributed by atoms with Gasteiger partial charge in [0.15, 0.2) is 5.69 Å². The molecule has 0 aliphatic carbocycles. The van der Waals surface area contributed by atoms with E-state index in [1.807, 2.05) is 0 Å². The highest BCUT2D eigenvalue weighted by atomic mass is 35.5. The molecule has 0 radical (unpaired) electrons. The molecule has 0 saturated heterocycles. The zero-order chi connectivity index (χ0) is 16.6. The van der Waals surface area contributed by atoms with E-state index in [1.54, 1.807) is 42.5 Å². The number of carbonyl (C=O) groups is 1. The molecule has 1 heterocycles. The Morgan fingerprint density at radius 1 is 1.00 bits per heavy atom. The van der Waals surface area contributed by atoms with Crippen molar-refractivity contribution in [1.82, 2.24) is 10.2 Å². The predicted octanol–water partition coefficient (Wildman–Crippen LogP) is 5.40. The smallest absolute Gasteiger partial charge is 0.354 e. The molecule has 0 fully saturated rings.